The van der Waals surface area contributed by atoms with E-state index in [-0.39, 0.29) is 0 Å². The first-order chi connectivity index (χ1) is 12.2. The summed E-state index contributed by atoms with van der Waals surface area (Å²) in [4.78, 5) is 0. The van der Waals surface area contributed by atoms with E-state index in [1.165, 1.54) is 49.7 Å². The van der Waals surface area contributed by atoms with Crippen molar-refractivity contribution in [2.75, 3.05) is 7.11 Å². The average Bonchev–Trinajstić information content (AvgIpc) is 3.45. The van der Waals surface area contributed by atoms with Gasteiger partial charge in [0.2, 0.25) is 0 Å². The minimum absolute atomic E-state index is 0.543. The third-order valence-electron chi connectivity index (χ3n) is 5.53. The highest BCUT2D eigenvalue weighted by Gasteiger charge is 2.27. The van der Waals surface area contributed by atoms with Gasteiger partial charge in [0.05, 0.1) is 7.11 Å². The molecule has 0 aliphatic heterocycles. The van der Waals surface area contributed by atoms with E-state index in [4.69, 9.17) is 4.74 Å². The number of aryl methyl sites for hydroxylation is 1. The molecule has 2 aromatic rings. The Morgan fingerprint density at radius 1 is 1.00 bits per heavy atom. The van der Waals surface area contributed by atoms with E-state index in [2.05, 4.69) is 62.4 Å². The lowest BCUT2D eigenvalue weighted by atomic mass is 9.82. The summed E-state index contributed by atoms with van der Waals surface area (Å²) in [5.74, 6) is 3.19. The Morgan fingerprint density at radius 3 is 2.40 bits per heavy atom. The maximum Gasteiger partial charge on any atom is 0.119 e. The van der Waals surface area contributed by atoms with Crippen molar-refractivity contribution in [3.8, 4) is 5.75 Å². The van der Waals surface area contributed by atoms with Crippen LogP contribution in [-0.4, -0.2) is 7.11 Å². The molecule has 0 amide bonds. The number of ether oxygens (including phenoxy) is 1. The number of rotatable bonds is 9. The van der Waals surface area contributed by atoms with E-state index in [9.17, 15) is 0 Å². The SMILES string of the molecule is COc1ccc(C(CCCc2ccccc2)CC2CC2)c(C(C)C)c1. The smallest absolute Gasteiger partial charge is 0.119 e. The van der Waals surface area contributed by atoms with Crippen LogP contribution in [0.4, 0.5) is 0 Å². The van der Waals surface area contributed by atoms with Gasteiger partial charge in [-0.2, -0.15) is 0 Å². The van der Waals surface area contributed by atoms with Gasteiger partial charge in [0.15, 0.2) is 0 Å². The molecule has 0 N–H and O–H groups in total. The topological polar surface area (TPSA) is 9.23 Å². The third-order valence-corrected chi connectivity index (χ3v) is 5.53. The molecule has 1 unspecified atom stereocenters. The summed E-state index contributed by atoms with van der Waals surface area (Å²) in [7, 11) is 1.76. The lowest BCUT2D eigenvalue weighted by molar-refractivity contribution is 0.413. The Morgan fingerprint density at radius 2 is 1.76 bits per heavy atom. The molecule has 25 heavy (non-hydrogen) atoms. The van der Waals surface area contributed by atoms with E-state index >= 15 is 0 Å². The van der Waals surface area contributed by atoms with Crippen LogP contribution in [0.25, 0.3) is 0 Å². The summed E-state index contributed by atoms with van der Waals surface area (Å²) in [5.41, 5.74) is 4.51. The lowest BCUT2D eigenvalue weighted by Crippen LogP contribution is -2.07. The number of methoxy groups -OCH3 is 1. The third kappa shape index (κ3) is 5.11. The Balaban J connectivity index is 1.73. The van der Waals surface area contributed by atoms with Gasteiger partial charge in [-0.3, -0.25) is 0 Å². The summed E-state index contributed by atoms with van der Waals surface area (Å²) in [6.07, 6.45) is 7.98. The number of hydrogen-bond donors (Lipinski definition) is 0. The van der Waals surface area contributed by atoms with Gasteiger partial charge in [-0.05, 0) is 72.3 Å². The van der Waals surface area contributed by atoms with Crippen LogP contribution in [0.2, 0.25) is 0 Å². The molecule has 0 spiro atoms. The first-order valence-electron chi connectivity index (χ1n) is 9.89. The number of hydrogen-bond acceptors (Lipinski definition) is 1. The Kier molecular flexibility index (Phi) is 6.18. The van der Waals surface area contributed by atoms with E-state index in [0.717, 1.165) is 11.7 Å². The van der Waals surface area contributed by atoms with Gasteiger partial charge in [-0.1, -0.05) is 63.1 Å². The van der Waals surface area contributed by atoms with Crippen molar-refractivity contribution >= 4 is 0 Å². The van der Waals surface area contributed by atoms with Crippen LogP contribution in [0, 0.1) is 5.92 Å². The second-order valence-corrected chi connectivity index (χ2v) is 7.90. The van der Waals surface area contributed by atoms with Crippen molar-refractivity contribution < 1.29 is 4.74 Å². The average molecular weight is 337 g/mol. The molecule has 0 bridgehead atoms. The van der Waals surface area contributed by atoms with Crippen LogP contribution >= 0.6 is 0 Å². The van der Waals surface area contributed by atoms with Gasteiger partial charge in [0.25, 0.3) is 0 Å². The van der Waals surface area contributed by atoms with Crippen LogP contribution in [0.1, 0.15) is 74.5 Å². The normalized spacial score (nSPS) is 15.4. The molecule has 1 aliphatic carbocycles. The van der Waals surface area contributed by atoms with Gasteiger partial charge >= 0.3 is 0 Å². The molecule has 1 aliphatic rings. The summed E-state index contributed by atoms with van der Waals surface area (Å²) in [6, 6.07) is 17.7. The lowest BCUT2D eigenvalue weighted by Gasteiger charge is -2.23. The molecule has 2 aromatic carbocycles. The molecule has 1 atom stereocenters. The highest BCUT2D eigenvalue weighted by atomic mass is 16.5. The van der Waals surface area contributed by atoms with Gasteiger partial charge in [0, 0.05) is 0 Å². The maximum atomic E-state index is 5.47. The molecule has 134 valence electrons. The zero-order valence-electron chi connectivity index (χ0n) is 16.0. The molecule has 0 heterocycles. The first kappa shape index (κ1) is 18.0. The van der Waals surface area contributed by atoms with Crippen LogP contribution in [0.5, 0.6) is 5.75 Å². The van der Waals surface area contributed by atoms with Gasteiger partial charge in [-0.25, -0.2) is 0 Å². The van der Waals surface area contributed by atoms with E-state index in [1.54, 1.807) is 12.7 Å². The highest BCUT2D eigenvalue weighted by Crippen LogP contribution is 2.43. The predicted molar refractivity (Wildman–Crippen MR) is 107 cm³/mol. The zero-order valence-corrected chi connectivity index (χ0v) is 16.0. The van der Waals surface area contributed by atoms with Crippen LogP contribution in [0.3, 0.4) is 0 Å². The first-order valence-corrected chi connectivity index (χ1v) is 9.89. The Labute approximate surface area is 153 Å². The van der Waals surface area contributed by atoms with Crippen molar-refractivity contribution in [2.24, 2.45) is 5.92 Å². The summed E-state index contributed by atoms with van der Waals surface area (Å²) in [6.45, 7) is 4.60. The molecular weight excluding hydrogens is 304 g/mol. The van der Waals surface area contributed by atoms with Crippen molar-refractivity contribution in [3.05, 3.63) is 65.2 Å². The van der Waals surface area contributed by atoms with Crippen LogP contribution < -0.4 is 4.74 Å². The second-order valence-electron chi connectivity index (χ2n) is 7.90. The van der Waals surface area contributed by atoms with Gasteiger partial charge < -0.3 is 4.74 Å². The fourth-order valence-electron chi connectivity index (χ4n) is 3.91. The van der Waals surface area contributed by atoms with Crippen molar-refractivity contribution in [1.82, 2.24) is 0 Å². The van der Waals surface area contributed by atoms with E-state index in [0.29, 0.717) is 11.8 Å². The van der Waals surface area contributed by atoms with Crippen molar-refractivity contribution in [2.45, 2.75) is 64.2 Å². The molecule has 1 heteroatoms. The monoisotopic (exact) mass is 336 g/mol. The standard InChI is InChI=1S/C24H32O/c1-18(2)24-17-22(25-3)14-15-23(24)21(16-20-12-13-20)11-7-10-19-8-5-4-6-9-19/h4-6,8-9,14-15,17-18,20-21H,7,10-13,16H2,1-3H3. The maximum absolute atomic E-state index is 5.47. The van der Waals surface area contributed by atoms with Crippen molar-refractivity contribution in [1.29, 1.82) is 0 Å². The van der Waals surface area contributed by atoms with E-state index < -0.39 is 0 Å². The fourth-order valence-corrected chi connectivity index (χ4v) is 3.91. The molecule has 3 rings (SSSR count). The predicted octanol–water partition coefficient (Wildman–Crippen LogP) is 6.73. The summed E-state index contributed by atoms with van der Waals surface area (Å²) < 4.78 is 5.47. The van der Waals surface area contributed by atoms with Crippen LogP contribution in [0.15, 0.2) is 48.5 Å². The zero-order chi connectivity index (χ0) is 17.6. The molecule has 0 aromatic heterocycles. The minimum Gasteiger partial charge on any atom is -0.497 e. The Bertz CT molecular complexity index is 655. The molecule has 1 fully saturated rings. The number of benzene rings is 2. The van der Waals surface area contributed by atoms with Gasteiger partial charge in [0.1, 0.15) is 5.75 Å². The molecule has 0 saturated heterocycles. The quantitative estimate of drug-likeness (QED) is 0.493. The molecule has 1 nitrogen and oxygen atoms in total. The molecule has 1 saturated carbocycles. The largest absolute Gasteiger partial charge is 0.497 e. The second kappa shape index (κ2) is 8.56. The van der Waals surface area contributed by atoms with Crippen LogP contribution in [-0.2, 0) is 6.42 Å². The minimum atomic E-state index is 0.543. The molecular formula is C24H32O. The fraction of sp³-hybridized carbons (Fsp3) is 0.500. The molecule has 0 radical (unpaired) electrons. The Hall–Kier alpha value is -1.76. The van der Waals surface area contributed by atoms with Gasteiger partial charge in [-0.15, -0.1) is 0 Å². The summed E-state index contributed by atoms with van der Waals surface area (Å²) >= 11 is 0. The van der Waals surface area contributed by atoms with Crippen molar-refractivity contribution in [3.63, 3.8) is 0 Å². The highest BCUT2D eigenvalue weighted by molar-refractivity contribution is 5.39. The summed E-state index contributed by atoms with van der Waals surface area (Å²) in [5, 5.41) is 0. The van der Waals surface area contributed by atoms with E-state index in [1.807, 2.05) is 0 Å².